The maximum Gasteiger partial charge on any atom is 0.263 e. The monoisotopic (exact) mass is 388 g/mol. The van der Waals surface area contributed by atoms with Gasteiger partial charge >= 0.3 is 0 Å². The van der Waals surface area contributed by atoms with Crippen LogP contribution < -0.4 is 10.9 Å². The lowest BCUT2D eigenvalue weighted by Crippen LogP contribution is -2.26. The van der Waals surface area contributed by atoms with Gasteiger partial charge in [-0.1, -0.05) is 36.4 Å². The summed E-state index contributed by atoms with van der Waals surface area (Å²) in [5.74, 6) is 0.0461. The summed E-state index contributed by atoms with van der Waals surface area (Å²) in [6.07, 6.45) is 1.14. The average Bonchev–Trinajstić information content (AvgIpc) is 2.71. The first kappa shape index (κ1) is 18.8. The molecule has 0 bridgehead atoms. The molecule has 4 rings (SSSR count). The van der Waals surface area contributed by atoms with E-state index in [-0.39, 0.29) is 17.4 Å². The van der Waals surface area contributed by atoms with Crippen LogP contribution in [0.15, 0.2) is 65.6 Å². The van der Waals surface area contributed by atoms with Gasteiger partial charge < -0.3 is 5.32 Å². The smallest absolute Gasteiger partial charge is 0.263 e. The van der Waals surface area contributed by atoms with Crippen LogP contribution in [0.25, 0.3) is 16.5 Å². The first-order valence-corrected chi connectivity index (χ1v) is 9.42. The number of nitrogens with one attached hydrogen (secondary N) is 1. The zero-order valence-corrected chi connectivity index (χ0v) is 16.5. The number of hydrogen-bond donors (Lipinski definition) is 1. The molecule has 0 amide bonds. The molecule has 4 aromatic rings. The molecular weight excluding hydrogens is 367 g/mol. The molecule has 0 aliphatic rings. The number of aromatic nitrogens is 3. The van der Waals surface area contributed by atoms with Crippen LogP contribution in [0.1, 0.15) is 30.0 Å². The van der Waals surface area contributed by atoms with Crippen LogP contribution in [0.4, 0.5) is 10.2 Å². The van der Waals surface area contributed by atoms with Gasteiger partial charge in [-0.25, -0.2) is 14.4 Å². The van der Waals surface area contributed by atoms with Gasteiger partial charge in [0.2, 0.25) is 0 Å². The lowest BCUT2D eigenvalue weighted by atomic mass is 10.0. The Balaban J connectivity index is 1.93. The van der Waals surface area contributed by atoms with Crippen molar-refractivity contribution < 1.29 is 4.39 Å². The minimum atomic E-state index is -0.535. The Morgan fingerprint density at radius 1 is 1.07 bits per heavy atom. The summed E-state index contributed by atoms with van der Waals surface area (Å²) in [7, 11) is 0. The molecule has 0 aliphatic carbocycles. The van der Waals surface area contributed by atoms with E-state index in [9.17, 15) is 9.18 Å². The number of hydrogen-bond acceptors (Lipinski definition) is 4. The summed E-state index contributed by atoms with van der Waals surface area (Å²) < 4.78 is 15.9. The van der Waals surface area contributed by atoms with Crippen molar-refractivity contribution in [2.24, 2.45) is 0 Å². The summed E-state index contributed by atoms with van der Waals surface area (Å²) in [5, 5.41) is 4.63. The number of halogens is 1. The van der Waals surface area contributed by atoms with Gasteiger partial charge in [0.15, 0.2) is 11.6 Å². The molecule has 0 radical (unpaired) electrons. The van der Waals surface area contributed by atoms with Crippen LogP contribution in [0.3, 0.4) is 0 Å². The second-order valence-corrected chi connectivity index (χ2v) is 7.06. The van der Waals surface area contributed by atoms with Crippen molar-refractivity contribution >= 4 is 16.6 Å². The molecule has 0 saturated carbocycles. The van der Waals surface area contributed by atoms with Crippen LogP contribution >= 0.6 is 0 Å². The third kappa shape index (κ3) is 3.49. The molecular formula is C23H21FN4O. The molecule has 0 unspecified atom stereocenters. The lowest BCUT2D eigenvalue weighted by molar-refractivity contribution is 0.609. The number of nitrogens with zero attached hydrogens (tertiary/aromatic N) is 3. The lowest BCUT2D eigenvalue weighted by Gasteiger charge is -2.22. The Bertz CT molecular complexity index is 1250. The second kappa shape index (κ2) is 7.47. The van der Waals surface area contributed by atoms with E-state index in [0.717, 1.165) is 28.5 Å². The fourth-order valence-corrected chi connectivity index (χ4v) is 3.55. The number of aryl methyl sites for hydroxylation is 2. The summed E-state index contributed by atoms with van der Waals surface area (Å²) in [6, 6.07) is 16.8. The van der Waals surface area contributed by atoms with Crippen molar-refractivity contribution in [2.45, 2.75) is 26.8 Å². The first-order valence-electron chi connectivity index (χ1n) is 9.42. The van der Waals surface area contributed by atoms with Crippen molar-refractivity contribution in [3.8, 4) is 5.69 Å². The average molecular weight is 388 g/mol. The molecule has 0 spiro atoms. The molecule has 0 aliphatic heterocycles. The van der Waals surface area contributed by atoms with Crippen molar-refractivity contribution in [1.29, 1.82) is 0 Å². The van der Waals surface area contributed by atoms with E-state index in [2.05, 4.69) is 15.3 Å². The summed E-state index contributed by atoms with van der Waals surface area (Å²) in [6.45, 7) is 5.51. The minimum absolute atomic E-state index is 0.102. The van der Waals surface area contributed by atoms with Gasteiger partial charge in [0.05, 0.1) is 17.6 Å². The highest BCUT2D eigenvalue weighted by atomic mass is 19.1. The SMILES string of the molecule is Cc1ncc(F)c(N[C@@H](C)c2cc3cccc(C)c3c(=O)n2-c2ccccc2)n1. The van der Waals surface area contributed by atoms with E-state index in [1.165, 1.54) is 0 Å². The predicted octanol–water partition coefficient (Wildman–Crippen LogP) is 4.71. The van der Waals surface area contributed by atoms with Gasteiger partial charge in [0.1, 0.15) is 5.82 Å². The summed E-state index contributed by atoms with van der Waals surface area (Å²) in [4.78, 5) is 21.5. The maximum atomic E-state index is 14.2. The zero-order chi connectivity index (χ0) is 20.5. The van der Waals surface area contributed by atoms with Crippen LogP contribution in [0, 0.1) is 19.7 Å². The summed E-state index contributed by atoms with van der Waals surface area (Å²) >= 11 is 0. The Morgan fingerprint density at radius 2 is 1.83 bits per heavy atom. The highest BCUT2D eigenvalue weighted by Gasteiger charge is 2.18. The van der Waals surface area contributed by atoms with Crippen LogP contribution in [-0.2, 0) is 0 Å². The van der Waals surface area contributed by atoms with Gasteiger partial charge in [-0.15, -0.1) is 0 Å². The van der Waals surface area contributed by atoms with Crippen molar-refractivity contribution in [3.63, 3.8) is 0 Å². The molecule has 146 valence electrons. The van der Waals surface area contributed by atoms with E-state index >= 15 is 0 Å². The second-order valence-electron chi connectivity index (χ2n) is 7.06. The van der Waals surface area contributed by atoms with Crippen LogP contribution in [-0.4, -0.2) is 14.5 Å². The number of benzene rings is 2. The van der Waals surface area contributed by atoms with Crippen molar-refractivity contribution in [3.05, 3.63) is 94.0 Å². The van der Waals surface area contributed by atoms with Gasteiger partial charge in [-0.3, -0.25) is 9.36 Å². The zero-order valence-electron chi connectivity index (χ0n) is 16.5. The molecule has 29 heavy (non-hydrogen) atoms. The van der Waals surface area contributed by atoms with E-state index in [1.54, 1.807) is 11.5 Å². The number of anilines is 1. The minimum Gasteiger partial charge on any atom is -0.359 e. The van der Waals surface area contributed by atoms with Crippen LogP contribution in [0.2, 0.25) is 0 Å². The number of pyridine rings is 1. The van der Waals surface area contributed by atoms with E-state index < -0.39 is 5.82 Å². The first-order chi connectivity index (χ1) is 14.0. The molecule has 1 atom stereocenters. The Hall–Kier alpha value is -3.54. The molecule has 2 aromatic heterocycles. The number of rotatable bonds is 4. The van der Waals surface area contributed by atoms with E-state index in [0.29, 0.717) is 11.2 Å². The van der Waals surface area contributed by atoms with Gasteiger partial charge in [0.25, 0.3) is 5.56 Å². The molecule has 0 fully saturated rings. The van der Waals surface area contributed by atoms with E-state index in [4.69, 9.17) is 0 Å². The number of fused-ring (bicyclic) bond motifs is 1. The third-order valence-corrected chi connectivity index (χ3v) is 4.96. The largest absolute Gasteiger partial charge is 0.359 e. The van der Waals surface area contributed by atoms with Gasteiger partial charge in [-0.2, -0.15) is 0 Å². The van der Waals surface area contributed by atoms with Crippen molar-refractivity contribution in [1.82, 2.24) is 14.5 Å². The Labute approximate surface area is 167 Å². The molecule has 5 nitrogen and oxygen atoms in total. The summed E-state index contributed by atoms with van der Waals surface area (Å²) in [5.41, 5.74) is 2.29. The van der Waals surface area contributed by atoms with Gasteiger partial charge in [0, 0.05) is 11.4 Å². The molecule has 2 aromatic carbocycles. The Morgan fingerprint density at radius 3 is 2.59 bits per heavy atom. The highest BCUT2D eigenvalue weighted by Crippen LogP contribution is 2.25. The molecule has 0 saturated heterocycles. The fourth-order valence-electron chi connectivity index (χ4n) is 3.55. The van der Waals surface area contributed by atoms with E-state index in [1.807, 2.05) is 68.4 Å². The van der Waals surface area contributed by atoms with Crippen molar-refractivity contribution in [2.75, 3.05) is 5.32 Å². The normalized spacial score (nSPS) is 12.1. The molecule has 2 heterocycles. The Kier molecular flexibility index (Phi) is 4.84. The topological polar surface area (TPSA) is 59.8 Å². The number of para-hydroxylation sites is 1. The van der Waals surface area contributed by atoms with Gasteiger partial charge in [-0.05, 0) is 49.9 Å². The fraction of sp³-hybridized carbons (Fsp3) is 0.174. The highest BCUT2D eigenvalue weighted by molar-refractivity contribution is 5.85. The molecule has 6 heteroatoms. The van der Waals surface area contributed by atoms with Crippen LogP contribution in [0.5, 0.6) is 0 Å². The molecule has 1 N–H and O–H groups in total. The third-order valence-electron chi connectivity index (χ3n) is 4.96. The standard InChI is InChI=1S/C23H21FN4O/c1-14-8-7-9-17-12-20(15(2)26-22-19(24)13-25-16(3)27-22)28(23(29)21(14)17)18-10-5-4-6-11-18/h4-13,15H,1-3H3,(H,25,26,27)/t15-/m0/s1. The quantitative estimate of drug-likeness (QED) is 0.550. The maximum absolute atomic E-state index is 14.2. The predicted molar refractivity (Wildman–Crippen MR) is 113 cm³/mol.